The number of nitrogens with one attached hydrogen (secondary N) is 2. The fourth-order valence-corrected chi connectivity index (χ4v) is 2.82. The molecule has 1 aromatic carbocycles. The maximum atomic E-state index is 11.8. The molecular formula is C16H16N2O2S. The normalized spacial score (nSPS) is 12.2. The molecular weight excluding hydrogens is 284 g/mol. The first-order valence-corrected chi connectivity index (χ1v) is 7.67. The van der Waals surface area contributed by atoms with Crippen LogP contribution in [0, 0.1) is 0 Å². The van der Waals surface area contributed by atoms with Gasteiger partial charge in [-0.05, 0) is 36.6 Å². The van der Waals surface area contributed by atoms with Gasteiger partial charge in [0.1, 0.15) is 11.3 Å². The summed E-state index contributed by atoms with van der Waals surface area (Å²) in [5.74, 6) is 0.875. The van der Waals surface area contributed by atoms with Crippen molar-refractivity contribution in [1.29, 1.82) is 0 Å². The fraction of sp³-hybridized carbons (Fsp3) is 0.188. The van der Waals surface area contributed by atoms with Crippen LogP contribution in [0.5, 0.6) is 0 Å². The number of hydrogen-bond acceptors (Lipinski definition) is 3. The predicted octanol–water partition coefficient (Wildman–Crippen LogP) is 4.25. The minimum absolute atomic E-state index is 0.00877. The number of hydrogen-bond donors (Lipinski definition) is 2. The van der Waals surface area contributed by atoms with E-state index in [1.807, 2.05) is 54.8 Å². The summed E-state index contributed by atoms with van der Waals surface area (Å²) in [6.07, 6.45) is 0.659. The van der Waals surface area contributed by atoms with Gasteiger partial charge in [0.15, 0.2) is 0 Å². The highest BCUT2D eigenvalue weighted by Crippen LogP contribution is 2.20. The standard InChI is InChI=1S/C16H16N2O2S/c1-11(17-16(19)18-15-7-4-8-21-15)9-13-10-12-5-2-3-6-14(12)20-13/h2-8,10-11H,9H2,1H3,(H2,17,18,19)/t11-/m1/s1. The lowest BCUT2D eigenvalue weighted by molar-refractivity contribution is 0.249. The van der Waals surface area contributed by atoms with E-state index in [1.54, 1.807) is 0 Å². The van der Waals surface area contributed by atoms with Gasteiger partial charge >= 0.3 is 6.03 Å². The van der Waals surface area contributed by atoms with E-state index in [0.29, 0.717) is 6.42 Å². The molecule has 3 aromatic rings. The van der Waals surface area contributed by atoms with E-state index in [-0.39, 0.29) is 12.1 Å². The summed E-state index contributed by atoms with van der Waals surface area (Å²) in [6, 6.07) is 13.5. The third-order valence-corrected chi connectivity index (χ3v) is 3.90. The molecule has 2 amide bonds. The number of para-hydroxylation sites is 1. The molecule has 0 radical (unpaired) electrons. The van der Waals surface area contributed by atoms with E-state index in [2.05, 4.69) is 10.6 Å². The quantitative estimate of drug-likeness (QED) is 0.757. The van der Waals surface area contributed by atoms with Crippen LogP contribution in [0.15, 0.2) is 52.3 Å². The van der Waals surface area contributed by atoms with Crippen LogP contribution in [0.3, 0.4) is 0 Å². The van der Waals surface area contributed by atoms with Crippen molar-refractivity contribution in [2.24, 2.45) is 0 Å². The summed E-state index contributed by atoms with van der Waals surface area (Å²) in [6.45, 7) is 1.96. The lowest BCUT2D eigenvalue weighted by Gasteiger charge is -2.12. The van der Waals surface area contributed by atoms with Gasteiger partial charge in [0.05, 0.1) is 5.00 Å². The highest BCUT2D eigenvalue weighted by molar-refractivity contribution is 7.14. The van der Waals surface area contributed by atoms with Crippen molar-refractivity contribution in [3.8, 4) is 0 Å². The van der Waals surface area contributed by atoms with Gasteiger partial charge in [0, 0.05) is 17.8 Å². The smallest absolute Gasteiger partial charge is 0.320 e. The van der Waals surface area contributed by atoms with Crippen LogP contribution in [-0.2, 0) is 6.42 Å². The topological polar surface area (TPSA) is 54.3 Å². The molecule has 5 heteroatoms. The summed E-state index contributed by atoms with van der Waals surface area (Å²) in [5.41, 5.74) is 0.878. The molecule has 0 saturated carbocycles. The van der Waals surface area contributed by atoms with Crippen LogP contribution in [0.1, 0.15) is 12.7 Å². The zero-order chi connectivity index (χ0) is 14.7. The summed E-state index contributed by atoms with van der Waals surface area (Å²) in [5, 5.41) is 9.56. The molecule has 4 nitrogen and oxygen atoms in total. The van der Waals surface area contributed by atoms with E-state index in [9.17, 15) is 4.79 Å². The molecule has 0 spiro atoms. The Morgan fingerprint density at radius 1 is 1.29 bits per heavy atom. The second kappa shape index (κ2) is 6.01. The van der Waals surface area contributed by atoms with Gasteiger partial charge in [0.2, 0.25) is 0 Å². The Labute approximate surface area is 126 Å². The number of carbonyl (C=O) groups excluding carboxylic acids is 1. The Kier molecular flexibility index (Phi) is 3.92. The first-order chi connectivity index (χ1) is 10.2. The molecule has 0 aliphatic rings. The van der Waals surface area contributed by atoms with Crippen molar-refractivity contribution in [2.45, 2.75) is 19.4 Å². The second-order valence-corrected chi connectivity index (χ2v) is 5.88. The second-order valence-electron chi connectivity index (χ2n) is 4.93. The minimum Gasteiger partial charge on any atom is -0.461 e. The maximum absolute atomic E-state index is 11.8. The van der Waals surface area contributed by atoms with Crippen molar-refractivity contribution in [3.63, 3.8) is 0 Å². The molecule has 0 aliphatic heterocycles. The van der Waals surface area contributed by atoms with Crippen LogP contribution >= 0.6 is 11.3 Å². The number of amides is 2. The molecule has 0 bridgehead atoms. The maximum Gasteiger partial charge on any atom is 0.320 e. The first kappa shape index (κ1) is 13.7. The molecule has 3 rings (SSSR count). The van der Waals surface area contributed by atoms with Crippen LogP contribution < -0.4 is 10.6 Å². The SMILES string of the molecule is C[C@H](Cc1cc2ccccc2o1)NC(=O)Nc1cccs1. The number of anilines is 1. The molecule has 1 atom stereocenters. The van der Waals surface area contributed by atoms with E-state index in [4.69, 9.17) is 4.42 Å². The van der Waals surface area contributed by atoms with Crippen LogP contribution in [-0.4, -0.2) is 12.1 Å². The molecule has 0 saturated heterocycles. The Hall–Kier alpha value is -2.27. The average Bonchev–Trinajstić information content (AvgIpc) is 3.06. The summed E-state index contributed by atoms with van der Waals surface area (Å²) < 4.78 is 5.76. The summed E-state index contributed by atoms with van der Waals surface area (Å²) in [4.78, 5) is 11.8. The van der Waals surface area contributed by atoms with Crippen molar-refractivity contribution >= 4 is 33.3 Å². The molecule has 0 aliphatic carbocycles. The van der Waals surface area contributed by atoms with Crippen LogP contribution in [0.25, 0.3) is 11.0 Å². The molecule has 0 unspecified atom stereocenters. The molecule has 108 valence electrons. The largest absolute Gasteiger partial charge is 0.461 e. The van der Waals surface area contributed by atoms with Crippen molar-refractivity contribution in [2.75, 3.05) is 5.32 Å². The lowest BCUT2D eigenvalue weighted by atomic mass is 10.2. The van der Waals surface area contributed by atoms with Gasteiger partial charge in [-0.25, -0.2) is 4.79 Å². The number of rotatable bonds is 4. The Morgan fingerprint density at radius 2 is 2.14 bits per heavy atom. The zero-order valence-electron chi connectivity index (χ0n) is 11.6. The monoisotopic (exact) mass is 300 g/mol. The minimum atomic E-state index is -0.193. The highest BCUT2D eigenvalue weighted by Gasteiger charge is 2.11. The molecule has 2 aromatic heterocycles. The third kappa shape index (κ3) is 3.44. The number of benzene rings is 1. The summed E-state index contributed by atoms with van der Waals surface area (Å²) >= 11 is 1.49. The number of thiophene rings is 1. The first-order valence-electron chi connectivity index (χ1n) is 6.79. The highest BCUT2D eigenvalue weighted by atomic mass is 32.1. The molecule has 2 heterocycles. The van der Waals surface area contributed by atoms with Crippen molar-refractivity contribution in [1.82, 2.24) is 5.32 Å². The number of carbonyl (C=O) groups is 1. The zero-order valence-corrected chi connectivity index (χ0v) is 12.4. The van der Waals surface area contributed by atoms with Crippen LogP contribution in [0.2, 0.25) is 0 Å². The number of fused-ring (bicyclic) bond motifs is 1. The van der Waals surface area contributed by atoms with Gasteiger partial charge in [-0.2, -0.15) is 0 Å². The van der Waals surface area contributed by atoms with Crippen LogP contribution in [0.4, 0.5) is 9.80 Å². The Balaban J connectivity index is 1.58. The number of furan rings is 1. The van der Waals surface area contributed by atoms with Gasteiger partial charge in [-0.1, -0.05) is 18.2 Å². The predicted molar refractivity (Wildman–Crippen MR) is 85.9 cm³/mol. The van der Waals surface area contributed by atoms with Crippen molar-refractivity contribution < 1.29 is 9.21 Å². The van der Waals surface area contributed by atoms with E-state index in [1.165, 1.54) is 11.3 Å². The Morgan fingerprint density at radius 3 is 2.90 bits per heavy atom. The molecule has 21 heavy (non-hydrogen) atoms. The molecule has 0 fully saturated rings. The van der Waals surface area contributed by atoms with Gasteiger partial charge in [-0.3, -0.25) is 5.32 Å². The van der Waals surface area contributed by atoms with Gasteiger partial charge < -0.3 is 9.73 Å². The third-order valence-electron chi connectivity index (χ3n) is 3.12. The molecule has 2 N–H and O–H groups in total. The summed E-state index contributed by atoms with van der Waals surface area (Å²) in [7, 11) is 0. The average molecular weight is 300 g/mol. The van der Waals surface area contributed by atoms with E-state index >= 15 is 0 Å². The van der Waals surface area contributed by atoms with E-state index < -0.39 is 0 Å². The van der Waals surface area contributed by atoms with Gasteiger partial charge in [-0.15, -0.1) is 11.3 Å². The van der Waals surface area contributed by atoms with Gasteiger partial charge in [0.25, 0.3) is 0 Å². The Bertz CT molecular complexity index is 701. The lowest BCUT2D eigenvalue weighted by Crippen LogP contribution is -2.37. The van der Waals surface area contributed by atoms with Crippen molar-refractivity contribution in [3.05, 3.63) is 53.6 Å². The number of urea groups is 1. The fourth-order valence-electron chi connectivity index (χ4n) is 2.21. The van der Waals surface area contributed by atoms with E-state index in [0.717, 1.165) is 21.7 Å².